The molecule has 252 valence electrons. The number of rotatable bonds is 12. The summed E-state index contributed by atoms with van der Waals surface area (Å²) in [6, 6.07) is 23.2. The zero-order valence-corrected chi connectivity index (χ0v) is 30.7. The maximum Gasteiger partial charge on any atom is 0.188 e. The van der Waals surface area contributed by atoms with E-state index < -0.39 is 0 Å². The van der Waals surface area contributed by atoms with E-state index in [9.17, 15) is 0 Å². The molecule has 1 aromatic carbocycles. The quantitative estimate of drug-likeness (QED) is 0.0885. The highest BCUT2D eigenvalue weighted by atomic mass is 32.2. The predicted octanol–water partition coefficient (Wildman–Crippen LogP) is 9.04. The van der Waals surface area contributed by atoms with Crippen LogP contribution >= 0.6 is 35.3 Å². The summed E-state index contributed by atoms with van der Waals surface area (Å²) >= 11 is 4.91. The second-order valence-corrected chi connectivity index (χ2v) is 14.3. The topological polar surface area (TPSA) is 116 Å². The summed E-state index contributed by atoms with van der Waals surface area (Å²) in [6.45, 7) is 6.66. The first-order valence-electron chi connectivity index (χ1n) is 16.3. The van der Waals surface area contributed by atoms with Crippen LogP contribution in [0, 0.1) is 20.8 Å². The van der Waals surface area contributed by atoms with Gasteiger partial charge in [0.1, 0.15) is 0 Å². The van der Waals surface area contributed by atoms with E-state index in [1.54, 1.807) is 72.5 Å². The fraction of sp³-hybridized carbons (Fsp3) is 0.154. The van der Waals surface area contributed by atoms with Gasteiger partial charge in [-0.15, -0.1) is 0 Å². The van der Waals surface area contributed by atoms with E-state index in [2.05, 4.69) is 50.7 Å². The molecule has 0 fully saturated rings. The zero-order chi connectivity index (χ0) is 35.0. The molecule has 0 atom stereocenters. The van der Waals surface area contributed by atoms with Crippen LogP contribution in [0.2, 0.25) is 0 Å². The van der Waals surface area contributed by atoms with Gasteiger partial charge in [-0.2, -0.15) is 0 Å². The number of hydrogen-bond donors (Lipinski definition) is 0. The van der Waals surface area contributed by atoms with Gasteiger partial charge in [-0.25, -0.2) is 29.9 Å². The van der Waals surface area contributed by atoms with E-state index in [0.29, 0.717) is 15.5 Å². The van der Waals surface area contributed by atoms with Gasteiger partial charge in [-0.1, -0.05) is 53.5 Å². The number of hydrogen-bond acceptors (Lipinski definition) is 12. The average molecular weight is 724 g/mol. The van der Waals surface area contributed by atoms with Crippen LogP contribution < -0.4 is 0 Å². The smallest absolute Gasteiger partial charge is 0.188 e. The molecule has 0 bridgehead atoms. The summed E-state index contributed by atoms with van der Waals surface area (Å²) in [7, 11) is 0. The lowest BCUT2D eigenvalue weighted by Crippen LogP contribution is -2.07. The Bertz CT molecular complexity index is 1980. The van der Waals surface area contributed by atoms with Crippen molar-refractivity contribution in [2.24, 2.45) is 0 Å². The molecule has 12 heteroatoms. The Balaban J connectivity index is 1.18. The summed E-state index contributed by atoms with van der Waals surface area (Å²) in [5.74, 6) is 2.16. The molecule has 0 saturated heterocycles. The molecule has 7 aromatic rings. The van der Waals surface area contributed by atoms with Gasteiger partial charge in [0.05, 0.1) is 34.2 Å². The number of nitrogens with zero attached hydrogens (tertiary/aromatic N) is 9. The van der Waals surface area contributed by atoms with E-state index in [1.165, 1.54) is 33.4 Å². The van der Waals surface area contributed by atoms with E-state index in [1.807, 2.05) is 72.8 Å². The maximum absolute atomic E-state index is 4.84. The van der Waals surface area contributed by atoms with Crippen molar-refractivity contribution in [2.45, 2.75) is 53.5 Å². The molecular weight excluding hydrogens is 691 g/mol. The summed E-state index contributed by atoms with van der Waals surface area (Å²) < 4.78 is 0. The second kappa shape index (κ2) is 16.3. The van der Waals surface area contributed by atoms with Gasteiger partial charge in [-0.05, 0) is 109 Å². The maximum atomic E-state index is 4.84. The normalized spacial score (nSPS) is 11.1. The molecule has 0 unspecified atom stereocenters. The molecule has 0 N–H and O–H groups in total. The minimum absolute atomic E-state index is 0.712. The van der Waals surface area contributed by atoms with E-state index in [4.69, 9.17) is 15.0 Å². The van der Waals surface area contributed by atoms with Crippen molar-refractivity contribution in [1.29, 1.82) is 0 Å². The summed E-state index contributed by atoms with van der Waals surface area (Å²) in [4.78, 5) is 41.7. The second-order valence-electron chi connectivity index (χ2n) is 11.5. The van der Waals surface area contributed by atoms with Gasteiger partial charge in [0.25, 0.3) is 0 Å². The standard InChI is InChI=1S/C39H33N9S3/c1-25-28(22-49-37-43-19-13-34(46-37)31-10-4-7-16-40-31)26(2)30(24-51-39-45-21-15-36(48-39)33-12-6-9-18-42-33)27(3)29(25)23-50-38-44-20-14-35(47-38)32-11-5-8-17-41-32/h4-21H,22-24H2,1-3H3. The first kappa shape index (κ1) is 34.4. The molecule has 0 aliphatic rings. The van der Waals surface area contributed by atoms with Crippen LogP contribution in [0.15, 0.2) is 125 Å². The van der Waals surface area contributed by atoms with Crippen molar-refractivity contribution in [1.82, 2.24) is 44.9 Å². The largest absolute Gasteiger partial charge is 0.255 e. The van der Waals surface area contributed by atoms with Crippen LogP contribution in [0.4, 0.5) is 0 Å². The lowest BCUT2D eigenvalue weighted by Gasteiger charge is -2.22. The Hall–Kier alpha value is -5.04. The van der Waals surface area contributed by atoms with Crippen LogP contribution in [0.1, 0.15) is 33.4 Å². The first-order chi connectivity index (χ1) is 25.0. The van der Waals surface area contributed by atoms with Crippen LogP contribution in [-0.2, 0) is 17.3 Å². The van der Waals surface area contributed by atoms with Crippen molar-refractivity contribution >= 4 is 35.3 Å². The molecule has 0 amide bonds. The van der Waals surface area contributed by atoms with Crippen molar-refractivity contribution in [2.75, 3.05) is 0 Å². The molecule has 51 heavy (non-hydrogen) atoms. The molecule has 0 saturated carbocycles. The van der Waals surface area contributed by atoms with Gasteiger partial charge in [0.15, 0.2) is 15.5 Å². The Morgan fingerprint density at radius 1 is 0.353 bits per heavy atom. The minimum atomic E-state index is 0.712. The summed E-state index contributed by atoms with van der Waals surface area (Å²) in [5, 5.41) is 2.14. The van der Waals surface area contributed by atoms with Crippen LogP contribution in [-0.4, -0.2) is 44.9 Å². The van der Waals surface area contributed by atoms with Gasteiger partial charge in [0, 0.05) is 54.4 Å². The molecule has 9 nitrogen and oxygen atoms in total. The average Bonchev–Trinajstić information content (AvgIpc) is 3.19. The van der Waals surface area contributed by atoms with Gasteiger partial charge in [0.2, 0.25) is 0 Å². The van der Waals surface area contributed by atoms with Crippen molar-refractivity contribution < 1.29 is 0 Å². The molecular formula is C39H33N9S3. The number of aromatic nitrogens is 9. The minimum Gasteiger partial charge on any atom is -0.255 e. The Morgan fingerprint density at radius 3 is 0.941 bits per heavy atom. The number of pyridine rings is 3. The fourth-order valence-corrected chi connectivity index (χ4v) is 8.67. The van der Waals surface area contributed by atoms with Crippen LogP contribution in [0.5, 0.6) is 0 Å². The van der Waals surface area contributed by atoms with E-state index >= 15 is 0 Å². The highest BCUT2D eigenvalue weighted by Crippen LogP contribution is 2.37. The lowest BCUT2D eigenvalue weighted by atomic mass is 9.90. The van der Waals surface area contributed by atoms with Gasteiger partial charge < -0.3 is 0 Å². The number of benzene rings is 1. The molecule has 0 radical (unpaired) electrons. The van der Waals surface area contributed by atoms with Crippen molar-refractivity contribution in [3.05, 3.63) is 143 Å². The molecule has 0 aliphatic heterocycles. The number of thioether (sulfide) groups is 3. The van der Waals surface area contributed by atoms with Crippen molar-refractivity contribution in [3.63, 3.8) is 0 Å². The van der Waals surface area contributed by atoms with Gasteiger partial charge >= 0.3 is 0 Å². The fourth-order valence-electron chi connectivity index (χ4n) is 5.65. The monoisotopic (exact) mass is 723 g/mol. The van der Waals surface area contributed by atoms with Gasteiger partial charge in [-0.3, -0.25) is 15.0 Å². The predicted molar refractivity (Wildman–Crippen MR) is 205 cm³/mol. The molecule has 6 aromatic heterocycles. The third-order valence-electron chi connectivity index (χ3n) is 8.44. The Morgan fingerprint density at radius 2 is 0.667 bits per heavy atom. The van der Waals surface area contributed by atoms with Crippen LogP contribution in [0.25, 0.3) is 34.2 Å². The molecule has 7 rings (SSSR count). The Kier molecular flexibility index (Phi) is 11.0. The highest BCUT2D eigenvalue weighted by Gasteiger charge is 2.20. The van der Waals surface area contributed by atoms with E-state index in [0.717, 1.165) is 51.4 Å². The SMILES string of the molecule is Cc1c(CSc2nccc(-c3ccccn3)n2)c(C)c(CSc2nccc(-c3ccccn3)n2)c(C)c1CSc1nccc(-c2ccccn2)n1. The first-order valence-corrected chi connectivity index (χ1v) is 19.2. The third kappa shape index (κ3) is 8.30. The lowest BCUT2D eigenvalue weighted by molar-refractivity contribution is 0.961. The molecule has 0 spiro atoms. The van der Waals surface area contributed by atoms with E-state index in [-0.39, 0.29) is 0 Å². The molecule has 6 heterocycles. The highest BCUT2D eigenvalue weighted by molar-refractivity contribution is 7.98. The third-order valence-corrected chi connectivity index (χ3v) is 11.1. The van der Waals surface area contributed by atoms with Crippen LogP contribution in [0.3, 0.4) is 0 Å². The summed E-state index contributed by atoms with van der Waals surface area (Å²) in [6.07, 6.45) is 10.7. The Labute approximate surface area is 309 Å². The van der Waals surface area contributed by atoms with Crippen molar-refractivity contribution in [3.8, 4) is 34.2 Å². The molecule has 0 aliphatic carbocycles. The zero-order valence-electron chi connectivity index (χ0n) is 28.3. The summed E-state index contributed by atoms with van der Waals surface area (Å²) in [5.41, 5.74) is 12.5.